The normalized spacial score (nSPS) is 12.5. The second kappa shape index (κ2) is 8.79. The van der Waals surface area contributed by atoms with E-state index in [-0.39, 0.29) is 19.3 Å². The third-order valence-corrected chi connectivity index (χ3v) is 2.69. The Labute approximate surface area is 120 Å². The molecule has 5 heteroatoms. The van der Waals surface area contributed by atoms with Crippen molar-refractivity contribution in [3.8, 4) is 11.5 Å². The first kappa shape index (κ1) is 16.8. The molecule has 0 heterocycles. The van der Waals surface area contributed by atoms with Gasteiger partial charge < -0.3 is 24.6 Å². The fraction of sp³-hybridized carbons (Fsp3) is 0.600. The van der Waals surface area contributed by atoms with Crippen molar-refractivity contribution < 1.29 is 19.3 Å². The maximum Gasteiger partial charge on any atom is 0.165 e. The van der Waals surface area contributed by atoms with Crippen LogP contribution >= 0.6 is 0 Å². The molecule has 1 aromatic carbocycles. The second-order valence-corrected chi connectivity index (χ2v) is 4.83. The summed E-state index contributed by atoms with van der Waals surface area (Å²) in [5.74, 6) is 1.32. The fourth-order valence-corrected chi connectivity index (χ4v) is 1.75. The van der Waals surface area contributed by atoms with Crippen LogP contribution < -0.4 is 14.8 Å². The van der Waals surface area contributed by atoms with Crippen LogP contribution in [0.3, 0.4) is 0 Å². The lowest BCUT2D eigenvalue weighted by molar-refractivity contribution is -0.0127. The smallest absolute Gasteiger partial charge is 0.165 e. The molecular formula is C15H25NO4. The van der Waals surface area contributed by atoms with Crippen molar-refractivity contribution in [2.75, 3.05) is 27.4 Å². The summed E-state index contributed by atoms with van der Waals surface area (Å²) >= 11 is 0. The Morgan fingerprint density at radius 2 is 2.00 bits per heavy atom. The first-order chi connectivity index (χ1) is 9.58. The summed E-state index contributed by atoms with van der Waals surface area (Å²) in [6.07, 6.45) is -0.569. The summed E-state index contributed by atoms with van der Waals surface area (Å²) in [5.41, 5.74) is 0.990. The summed E-state index contributed by atoms with van der Waals surface area (Å²) in [7, 11) is 3.47. The molecule has 1 atom stereocenters. The van der Waals surface area contributed by atoms with Gasteiger partial charge in [0.15, 0.2) is 11.5 Å². The minimum Gasteiger partial charge on any atom is -0.493 e. The largest absolute Gasteiger partial charge is 0.493 e. The lowest BCUT2D eigenvalue weighted by atomic mass is 10.2. The highest BCUT2D eigenvalue weighted by atomic mass is 16.5. The van der Waals surface area contributed by atoms with E-state index in [0.29, 0.717) is 18.0 Å². The average Bonchev–Trinajstić information content (AvgIpc) is 2.43. The number of hydrogen-bond acceptors (Lipinski definition) is 5. The van der Waals surface area contributed by atoms with E-state index in [2.05, 4.69) is 5.32 Å². The molecule has 0 aliphatic carbocycles. The van der Waals surface area contributed by atoms with Crippen LogP contribution in [0, 0.1) is 0 Å². The molecule has 0 amide bonds. The Balaban J connectivity index is 2.65. The molecule has 0 spiro atoms. The van der Waals surface area contributed by atoms with Gasteiger partial charge in [-0.1, -0.05) is 12.1 Å². The fourth-order valence-electron chi connectivity index (χ4n) is 1.75. The predicted octanol–water partition coefficient (Wildman–Crippen LogP) is 1.58. The number of methoxy groups -OCH3 is 1. The number of aliphatic hydroxyl groups excluding tert-OH is 1. The minimum atomic E-state index is -0.662. The molecule has 0 saturated carbocycles. The Morgan fingerprint density at radius 1 is 1.25 bits per heavy atom. The lowest BCUT2D eigenvalue weighted by Gasteiger charge is -2.18. The van der Waals surface area contributed by atoms with Gasteiger partial charge in [-0.2, -0.15) is 0 Å². The molecule has 0 aromatic heterocycles. The molecule has 114 valence electrons. The first-order valence-corrected chi connectivity index (χ1v) is 6.81. The molecule has 2 N–H and O–H groups in total. The molecule has 5 nitrogen and oxygen atoms in total. The molecule has 0 aliphatic rings. The third-order valence-electron chi connectivity index (χ3n) is 2.69. The van der Waals surface area contributed by atoms with Gasteiger partial charge in [-0.3, -0.25) is 0 Å². The number of hydrogen-bond donors (Lipinski definition) is 2. The molecule has 0 aliphatic heterocycles. The van der Waals surface area contributed by atoms with E-state index in [1.54, 1.807) is 7.11 Å². The van der Waals surface area contributed by atoms with Crippen molar-refractivity contribution in [2.45, 2.75) is 32.6 Å². The molecule has 0 radical (unpaired) electrons. The number of rotatable bonds is 9. The molecule has 0 bridgehead atoms. The van der Waals surface area contributed by atoms with E-state index < -0.39 is 6.10 Å². The Hall–Kier alpha value is -1.30. The first-order valence-electron chi connectivity index (χ1n) is 6.81. The standard InChI is InChI=1S/C15H25NO4/c1-11(2)19-9-13(17)10-20-15-12(8-16-3)6-5-7-14(15)18-4/h5-7,11,13,16-17H,8-10H2,1-4H3. The topological polar surface area (TPSA) is 60.0 Å². The van der Waals surface area contributed by atoms with Gasteiger partial charge in [0.25, 0.3) is 0 Å². The van der Waals surface area contributed by atoms with E-state index in [4.69, 9.17) is 14.2 Å². The van der Waals surface area contributed by atoms with Crippen LogP contribution in [0.15, 0.2) is 18.2 Å². The number of ether oxygens (including phenoxy) is 3. The summed E-state index contributed by atoms with van der Waals surface area (Å²) in [6, 6.07) is 5.72. The summed E-state index contributed by atoms with van der Waals surface area (Å²) in [5, 5.41) is 12.9. The summed E-state index contributed by atoms with van der Waals surface area (Å²) in [4.78, 5) is 0. The SMILES string of the molecule is CNCc1cccc(OC)c1OCC(O)COC(C)C. The summed E-state index contributed by atoms with van der Waals surface area (Å²) < 4.78 is 16.4. The van der Waals surface area contributed by atoms with Crippen LogP contribution in [-0.2, 0) is 11.3 Å². The highest BCUT2D eigenvalue weighted by Gasteiger charge is 2.13. The van der Waals surface area contributed by atoms with Gasteiger partial charge >= 0.3 is 0 Å². The van der Waals surface area contributed by atoms with Gasteiger partial charge in [0, 0.05) is 12.1 Å². The van der Waals surface area contributed by atoms with E-state index in [9.17, 15) is 5.11 Å². The highest BCUT2D eigenvalue weighted by molar-refractivity contribution is 5.46. The molecule has 20 heavy (non-hydrogen) atoms. The Kier molecular flexibility index (Phi) is 7.36. The Bertz CT molecular complexity index is 395. The minimum absolute atomic E-state index is 0.0933. The van der Waals surface area contributed by atoms with Crippen LogP contribution in [0.5, 0.6) is 11.5 Å². The number of benzene rings is 1. The molecule has 1 unspecified atom stereocenters. The predicted molar refractivity (Wildman–Crippen MR) is 78.3 cm³/mol. The highest BCUT2D eigenvalue weighted by Crippen LogP contribution is 2.31. The van der Waals surface area contributed by atoms with Gasteiger partial charge in [-0.15, -0.1) is 0 Å². The van der Waals surface area contributed by atoms with Crippen LogP contribution in [0.4, 0.5) is 0 Å². The van der Waals surface area contributed by atoms with E-state index >= 15 is 0 Å². The molecule has 0 fully saturated rings. The number of nitrogens with one attached hydrogen (secondary N) is 1. The van der Waals surface area contributed by atoms with E-state index in [1.165, 1.54) is 0 Å². The number of para-hydroxylation sites is 1. The molecular weight excluding hydrogens is 258 g/mol. The van der Waals surface area contributed by atoms with Crippen molar-refractivity contribution >= 4 is 0 Å². The van der Waals surface area contributed by atoms with Crippen molar-refractivity contribution in [2.24, 2.45) is 0 Å². The zero-order valence-electron chi connectivity index (χ0n) is 12.7. The molecule has 0 saturated heterocycles. The van der Waals surface area contributed by atoms with Crippen LogP contribution in [0.2, 0.25) is 0 Å². The van der Waals surface area contributed by atoms with Gasteiger partial charge in [0.2, 0.25) is 0 Å². The van der Waals surface area contributed by atoms with Gasteiger partial charge in [0.05, 0.1) is 19.8 Å². The second-order valence-electron chi connectivity index (χ2n) is 4.83. The zero-order valence-corrected chi connectivity index (χ0v) is 12.7. The number of aliphatic hydroxyl groups is 1. The quantitative estimate of drug-likeness (QED) is 0.720. The van der Waals surface area contributed by atoms with Crippen molar-refractivity contribution in [1.82, 2.24) is 5.32 Å². The van der Waals surface area contributed by atoms with E-state index in [1.807, 2.05) is 39.1 Å². The van der Waals surface area contributed by atoms with Crippen molar-refractivity contribution in [1.29, 1.82) is 0 Å². The van der Waals surface area contributed by atoms with Gasteiger partial charge in [-0.25, -0.2) is 0 Å². The zero-order chi connectivity index (χ0) is 15.0. The maximum atomic E-state index is 9.84. The molecule has 1 rings (SSSR count). The maximum absolute atomic E-state index is 9.84. The van der Waals surface area contributed by atoms with E-state index in [0.717, 1.165) is 5.56 Å². The lowest BCUT2D eigenvalue weighted by Crippen LogP contribution is -2.25. The van der Waals surface area contributed by atoms with Crippen LogP contribution in [0.1, 0.15) is 19.4 Å². The summed E-state index contributed by atoms with van der Waals surface area (Å²) in [6.45, 7) is 4.96. The Morgan fingerprint density at radius 3 is 2.60 bits per heavy atom. The average molecular weight is 283 g/mol. The monoisotopic (exact) mass is 283 g/mol. The van der Waals surface area contributed by atoms with Gasteiger partial charge in [0.1, 0.15) is 12.7 Å². The van der Waals surface area contributed by atoms with Crippen LogP contribution in [-0.4, -0.2) is 44.7 Å². The van der Waals surface area contributed by atoms with Gasteiger partial charge in [-0.05, 0) is 27.0 Å². The third kappa shape index (κ3) is 5.36. The molecule has 1 aromatic rings. The van der Waals surface area contributed by atoms with Crippen LogP contribution in [0.25, 0.3) is 0 Å². The van der Waals surface area contributed by atoms with Crippen molar-refractivity contribution in [3.63, 3.8) is 0 Å². The van der Waals surface area contributed by atoms with Crippen molar-refractivity contribution in [3.05, 3.63) is 23.8 Å².